The smallest absolute Gasteiger partial charge is 0.0631 e. The average molecular weight is 399 g/mol. The van der Waals surface area contributed by atoms with Gasteiger partial charge in [-0.1, -0.05) is 0 Å². The van der Waals surface area contributed by atoms with Gasteiger partial charge in [-0.2, -0.15) is 0 Å². The molecule has 1 aliphatic carbocycles. The van der Waals surface area contributed by atoms with Crippen molar-refractivity contribution >= 4 is 0 Å². The van der Waals surface area contributed by atoms with Gasteiger partial charge in [0, 0.05) is 39.3 Å². The summed E-state index contributed by atoms with van der Waals surface area (Å²) in [5.41, 5.74) is -0.0316. The molecule has 1 heterocycles. The number of piperazine rings is 1. The molecule has 0 aromatic heterocycles. The Morgan fingerprint density at radius 2 is 1.29 bits per heavy atom. The molecule has 2 aliphatic rings. The molecule has 0 bridgehead atoms. The van der Waals surface area contributed by atoms with Gasteiger partial charge in [-0.3, -0.25) is 4.90 Å². The molecule has 0 radical (unpaired) electrons. The van der Waals surface area contributed by atoms with Crippen molar-refractivity contribution < 1.29 is 14.2 Å². The molecule has 5 nitrogen and oxygen atoms in total. The van der Waals surface area contributed by atoms with Crippen molar-refractivity contribution in [2.45, 2.75) is 97.1 Å². The van der Waals surface area contributed by atoms with Crippen LogP contribution in [0.15, 0.2) is 0 Å². The molecule has 2 rings (SSSR count). The predicted octanol–water partition coefficient (Wildman–Crippen LogP) is 3.95. The van der Waals surface area contributed by atoms with Crippen molar-refractivity contribution in [3.05, 3.63) is 0 Å². The summed E-state index contributed by atoms with van der Waals surface area (Å²) in [5, 5.41) is 0. The summed E-state index contributed by atoms with van der Waals surface area (Å²) < 4.78 is 17.8. The number of hydrogen-bond donors (Lipinski definition) is 0. The zero-order chi connectivity index (χ0) is 20.6. The van der Waals surface area contributed by atoms with E-state index in [9.17, 15) is 0 Å². The Labute approximate surface area is 174 Å². The van der Waals surface area contributed by atoms with Gasteiger partial charge in [0.25, 0.3) is 0 Å². The van der Waals surface area contributed by atoms with Gasteiger partial charge in [0.15, 0.2) is 0 Å². The minimum Gasteiger partial charge on any atom is -0.377 e. The van der Waals surface area contributed by atoms with Crippen LogP contribution in [-0.4, -0.2) is 85.7 Å². The lowest BCUT2D eigenvalue weighted by Gasteiger charge is -2.39. The van der Waals surface area contributed by atoms with Crippen LogP contribution in [-0.2, 0) is 14.2 Å². The first-order valence-electron chi connectivity index (χ1n) is 11.5. The molecule has 1 aliphatic heterocycles. The molecule has 166 valence electrons. The van der Waals surface area contributed by atoms with Crippen LogP contribution in [0.4, 0.5) is 0 Å². The number of ether oxygens (including phenoxy) is 3. The molecular formula is C23H46N2O3. The monoisotopic (exact) mass is 398 g/mol. The summed E-state index contributed by atoms with van der Waals surface area (Å²) in [6.45, 7) is 21.6. The standard InChI is InChI=1S/C23H46N2O3/c1-22(2,3)27-16-9-7-8-10-24-11-13-25(14-12-24)15-17-26-20-18-21(19-20)28-23(4,5)6/h20-21H,7-19H2,1-6H3/t20-,21-. The van der Waals surface area contributed by atoms with Crippen molar-refractivity contribution in [1.82, 2.24) is 9.80 Å². The van der Waals surface area contributed by atoms with Crippen LogP contribution in [0.5, 0.6) is 0 Å². The number of hydrogen-bond acceptors (Lipinski definition) is 5. The van der Waals surface area contributed by atoms with Crippen molar-refractivity contribution in [1.29, 1.82) is 0 Å². The molecular weight excluding hydrogens is 352 g/mol. The molecule has 0 amide bonds. The Morgan fingerprint density at radius 1 is 0.679 bits per heavy atom. The molecule has 5 heteroatoms. The molecule has 0 aromatic rings. The molecule has 1 saturated carbocycles. The fraction of sp³-hybridized carbons (Fsp3) is 1.00. The van der Waals surface area contributed by atoms with Gasteiger partial charge >= 0.3 is 0 Å². The van der Waals surface area contributed by atoms with Crippen LogP contribution in [0.3, 0.4) is 0 Å². The highest BCUT2D eigenvalue weighted by Gasteiger charge is 2.33. The van der Waals surface area contributed by atoms with Gasteiger partial charge in [-0.25, -0.2) is 0 Å². The Morgan fingerprint density at radius 3 is 1.86 bits per heavy atom. The molecule has 0 N–H and O–H groups in total. The first kappa shape index (κ1) is 24.1. The zero-order valence-corrected chi connectivity index (χ0v) is 19.5. The van der Waals surface area contributed by atoms with Crippen molar-refractivity contribution in [2.24, 2.45) is 0 Å². The lowest BCUT2D eigenvalue weighted by atomic mass is 9.91. The third-order valence-electron chi connectivity index (χ3n) is 5.45. The Bertz CT molecular complexity index is 417. The van der Waals surface area contributed by atoms with Gasteiger partial charge in [0.2, 0.25) is 0 Å². The van der Waals surface area contributed by atoms with Crippen molar-refractivity contribution in [3.63, 3.8) is 0 Å². The average Bonchev–Trinajstić information content (AvgIpc) is 2.55. The van der Waals surface area contributed by atoms with E-state index in [1.54, 1.807) is 0 Å². The molecule has 0 unspecified atom stereocenters. The van der Waals surface area contributed by atoms with Gasteiger partial charge in [0.05, 0.1) is 30.0 Å². The summed E-state index contributed by atoms with van der Waals surface area (Å²) in [5.74, 6) is 0. The van der Waals surface area contributed by atoms with E-state index in [2.05, 4.69) is 51.3 Å². The maximum absolute atomic E-state index is 6.03. The maximum atomic E-state index is 6.03. The van der Waals surface area contributed by atoms with Crippen LogP contribution in [0.2, 0.25) is 0 Å². The quantitative estimate of drug-likeness (QED) is 0.492. The lowest BCUT2D eigenvalue weighted by molar-refractivity contribution is -0.149. The second-order valence-electron chi connectivity index (χ2n) is 10.5. The van der Waals surface area contributed by atoms with Gasteiger partial charge < -0.3 is 19.1 Å². The van der Waals surface area contributed by atoms with E-state index in [1.165, 1.54) is 52.0 Å². The van der Waals surface area contributed by atoms with E-state index in [0.717, 1.165) is 32.6 Å². The molecule has 0 aromatic carbocycles. The lowest BCUT2D eigenvalue weighted by Crippen LogP contribution is -2.48. The fourth-order valence-electron chi connectivity index (χ4n) is 3.83. The Balaban J connectivity index is 1.41. The van der Waals surface area contributed by atoms with E-state index < -0.39 is 0 Å². The minimum absolute atomic E-state index is 0.000585. The molecule has 0 spiro atoms. The Kier molecular flexibility index (Phi) is 9.68. The third kappa shape index (κ3) is 10.5. The van der Waals surface area contributed by atoms with E-state index in [-0.39, 0.29) is 11.2 Å². The normalized spacial score (nSPS) is 25.1. The number of nitrogens with zero attached hydrogens (tertiary/aromatic N) is 2. The Hall–Kier alpha value is -0.200. The molecule has 0 atom stereocenters. The number of unbranched alkanes of at least 4 members (excludes halogenated alkanes) is 2. The number of rotatable bonds is 11. The molecule has 1 saturated heterocycles. The van der Waals surface area contributed by atoms with Crippen LogP contribution >= 0.6 is 0 Å². The summed E-state index contributed by atoms with van der Waals surface area (Å²) >= 11 is 0. The van der Waals surface area contributed by atoms with E-state index in [1.807, 2.05) is 0 Å². The predicted molar refractivity (Wildman–Crippen MR) is 116 cm³/mol. The highest BCUT2D eigenvalue weighted by atomic mass is 16.5. The SMILES string of the molecule is CC(C)(C)OCCCCCN1CCN(CCO[C@H]2C[C@H](OC(C)(C)C)C2)CC1. The van der Waals surface area contributed by atoms with E-state index in [0.29, 0.717) is 12.2 Å². The minimum atomic E-state index is -0.0322. The van der Waals surface area contributed by atoms with Crippen LogP contribution in [0.25, 0.3) is 0 Å². The zero-order valence-electron chi connectivity index (χ0n) is 19.5. The topological polar surface area (TPSA) is 34.2 Å². The summed E-state index contributed by atoms with van der Waals surface area (Å²) in [6.07, 6.45) is 6.67. The van der Waals surface area contributed by atoms with Crippen LogP contribution < -0.4 is 0 Å². The van der Waals surface area contributed by atoms with Gasteiger partial charge in [0.1, 0.15) is 0 Å². The summed E-state index contributed by atoms with van der Waals surface area (Å²) in [7, 11) is 0. The first-order valence-corrected chi connectivity index (χ1v) is 11.5. The first-order chi connectivity index (χ1) is 13.1. The maximum Gasteiger partial charge on any atom is 0.0631 e. The summed E-state index contributed by atoms with van der Waals surface area (Å²) in [4.78, 5) is 5.16. The second-order valence-corrected chi connectivity index (χ2v) is 10.5. The van der Waals surface area contributed by atoms with E-state index in [4.69, 9.17) is 14.2 Å². The van der Waals surface area contributed by atoms with Crippen molar-refractivity contribution in [3.8, 4) is 0 Å². The van der Waals surface area contributed by atoms with Crippen LogP contribution in [0.1, 0.15) is 73.6 Å². The largest absolute Gasteiger partial charge is 0.377 e. The highest BCUT2D eigenvalue weighted by Crippen LogP contribution is 2.29. The van der Waals surface area contributed by atoms with Gasteiger partial charge in [-0.05, 0) is 80.2 Å². The molecule has 28 heavy (non-hydrogen) atoms. The highest BCUT2D eigenvalue weighted by molar-refractivity contribution is 4.83. The summed E-state index contributed by atoms with van der Waals surface area (Å²) in [6, 6.07) is 0. The molecule has 2 fully saturated rings. The van der Waals surface area contributed by atoms with Gasteiger partial charge in [-0.15, -0.1) is 0 Å². The second kappa shape index (κ2) is 11.3. The van der Waals surface area contributed by atoms with Crippen molar-refractivity contribution in [2.75, 3.05) is 52.5 Å². The third-order valence-corrected chi connectivity index (χ3v) is 5.45. The fourth-order valence-corrected chi connectivity index (χ4v) is 3.83. The van der Waals surface area contributed by atoms with Crippen LogP contribution in [0, 0.1) is 0 Å². The van der Waals surface area contributed by atoms with E-state index >= 15 is 0 Å².